The molecule has 1 unspecified atom stereocenters. The van der Waals surface area contributed by atoms with Crippen molar-refractivity contribution >= 4 is 11.9 Å². The summed E-state index contributed by atoms with van der Waals surface area (Å²) < 4.78 is 67.1. The summed E-state index contributed by atoms with van der Waals surface area (Å²) in [4.78, 5) is 22.9. The van der Waals surface area contributed by atoms with E-state index in [4.69, 9.17) is 0 Å². The largest absolute Gasteiger partial charge is 0.464 e. The lowest BCUT2D eigenvalue weighted by Crippen LogP contribution is -2.55. The number of halogens is 5. The molecule has 0 aliphatic rings. The average molecular weight is 339 g/mol. The Morgan fingerprint density at radius 1 is 1.13 bits per heavy atom. The number of hydrogen-bond acceptors (Lipinski definition) is 3. The van der Waals surface area contributed by atoms with Crippen molar-refractivity contribution in [2.75, 3.05) is 6.61 Å². The lowest BCUT2D eigenvalue weighted by molar-refractivity contribution is -0.270. The number of rotatable bonds is 6. The second kappa shape index (κ2) is 7.38. The molecule has 0 aromatic heterocycles. The molecule has 0 radical (unpaired) electrons. The molecule has 0 aliphatic carbocycles. The van der Waals surface area contributed by atoms with Crippen molar-refractivity contribution in [1.29, 1.82) is 0 Å². The Kier molecular flexibility index (Phi) is 6.05. The standard InChI is InChI=1S/C14H14F5NO3/c1-2-23-11(21)10(8-9-6-4-3-5-7-9)20-12(22)13(15,16)14(17,18)19/h3-7,10H,2,8H2,1H3,(H,20,22). The zero-order valence-corrected chi connectivity index (χ0v) is 12.0. The van der Waals surface area contributed by atoms with Gasteiger partial charge >= 0.3 is 24.0 Å². The van der Waals surface area contributed by atoms with E-state index < -0.39 is 30.0 Å². The summed E-state index contributed by atoms with van der Waals surface area (Å²) in [6.45, 7) is 1.32. The van der Waals surface area contributed by atoms with Crippen LogP contribution in [0.5, 0.6) is 0 Å². The van der Waals surface area contributed by atoms with Crippen molar-refractivity contribution in [2.24, 2.45) is 0 Å². The highest BCUT2D eigenvalue weighted by Gasteiger charge is 2.63. The molecule has 0 saturated carbocycles. The first-order valence-corrected chi connectivity index (χ1v) is 6.55. The van der Waals surface area contributed by atoms with E-state index in [0.29, 0.717) is 5.56 Å². The van der Waals surface area contributed by atoms with E-state index in [1.807, 2.05) is 0 Å². The van der Waals surface area contributed by atoms with Crippen LogP contribution in [0, 0.1) is 0 Å². The fraction of sp³-hybridized carbons (Fsp3) is 0.429. The maximum absolute atomic E-state index is 13.0. The van der Waals surface area contributed by atoms with E-state index in [1.165, 1.54) is 24.4 Å². The van der Waals surface area contributed by atoms with Gasteiger partial charge in [-0.2, -0.15) is 22.0 Å². The average Bonchev–Trinajstić information content (AvgIpc) is 2.46. The van der Waals surface area contributed by atoms with Crippen LogP contribution in [0.1, 0.15) is 12.5 Å². The first kappa shape index (κ1) is 18.9. The first-order chi connectivity index (χ1) is 10.6. The summed E-state index contributed by atoms with van der Waals surface area (Å²) >= 11 is 0. The number of benzene rings is 1. The number of amides is 1. The lowest BCUT2D eigenvalue weighted by Gasteiger charge is -2.22. The summed E-state index contributed by atoms with van der Waals surface area (Å²) in [6.07, 6.45) is -6.33. The summed E-state index contributed by atoms with van der Waals surface area (Å²) in [5, 5.41) is 1.41. The summed E-state index contributed by atoms with van der Waals surface area (Å²) in [7, 11) is 0. The van der Waals surface area contributed by atoms with Crippen molar-refractivity contribution < 1.29 is 36.3 Å². The predicted octanol–water partition coefficient (Wildman–Crippen LogP) is 2.47. The smallest absolute Gasteiger partial charge is 0.463 e. The van der Waals surface area contributed by atoms with Crippen molar-refractivity contribution in [3.8, 4) is 0 Å². The maximum Gasteiger partial charge on any atom is 0.463 e. The molecule has 23 heavy (non-hydrogen) atoms. The third kappa shape index (κ3) is 4.90. The number of alkyl halides is 5. The van der Waals surface area contributed by atoms with E-state index in [-0.39, 0.29) is 13.0 Å². The highest BCUT2D eigenvalue weighted by molar-refractivity contribution is 5.89. The van der Waals surface area contributed by atoms with Crippen LogP contribution < -0.4 is 5.32 Å². The molecule has 1 rings (SSSR count). The zero-order chi connectivity index (χ0) is 17.7. The van der Waals surface area contributed by atoms with Crippen molar-refractivity contribution in [3.63, 3.8) is 0 Å². The Balaban J connectivity index is 2.93. The normalized spacial score (nSPS) is 13.3. The van der Waals surface area contributed by atoms with Crippen molar-refractivity contribution in [1.82, 2.24) is 5.32 Å². The van der Waals surface area contributed by atoms with Gasteiger partial charge in [-0.3, -0.25) is 4.79 Å². The molecule has 1 aromatic carbocycles. The molecule has 0 aliphatic heterocycles. The second-order valence-electron chi connectivity index (χ2n) is 4.54. The molecule has 0 bridgehead atoms. The minimum Gasteiger partial charge on any atom is -0.464 e. The molecule has 0 spiro atoms. The van der Waals surface area contributed by atoms with Gasteiger partial charge in [0, 0.05) is 6.42 Å². The van der Waals surface area contributed by atoms with Gasteiger partial charge in [-0.15, -0.1) is 0 Å². The third-order valence-electron chi connectivity index (χ3n) is 2.80. The Bertz CT molecular complexity index is 545. The fourth-order valence-corrected chi connectivity index (χ4v) is 1.66. The van der Waals surface area contributed by atoms with Crippen LogP contribution in [0.25, 0.3) is 0 Å². The van der Waals surface area contributed by atoms with Crippen LogP contribution in [0.15, 0.2) is 30.3 Å². The Hall–Kier alpha value is -2.19. The van der Waals surface area contributed by atoms with Crippen LogP contribution in [-0.4, -0.2) is 36.6 Å². The van der Waals surface area contributed by atoms with Crippen LogP contribution in [0.2, 0.25) is 0 Å². The molecule has 4 nitrogen and oxygen atoms in total. The van der Waals surface area contributed by atoms with Gasteiger partial charge in [-0.05, 0) is 12.5 Å². The molecule has 0 heterocycles. The van der Waals surface area contributed by atoms with Crippen molar-refractivity contribution in [3.05, 3.63) is 35.9 Å². The number of ether oxygens (including phenoxy) is 1. The van der Waals surface area contributed by atoms with E-state index in [1.54, 1.807) is 18.2 Å². The van der Waals surface area contributed by atoms with Gasteiger partial charge in [0.1, 0.15) is 6.04 Å². The molecule has 1 N–H and O–H groups in total. The molecule has 9 heteroatoms. The van der Waals surface area contributed by atoms with E-state index in [2.05, 4.69) is 4.74 Å². The van der Waals surface area contributed by atoms with Crippen LogP contribution in [-0.2, 0) is 20.7 Å². The molecule has 1 aromatic rings. The molecular formula is C14H14F5NO3. The number of carbonyl (C=O) groups is 2. The zero-order valence-electron chi connectivity index (χ0n) is 12.0. The minimum atomic E-state index is -6.05. The summed E-state index contributed by atoms with van der Waals surface area (Å²) in [6, 6.07) is 6.23. The number of esters is 1. The van der Waals surface area contributed by atoms with Gasteiger partial charge in [0.15, 0.2) is 0 Å². The fourth-order valence-electron chi connectivity index (χ4n) is 1.66. The van der Waals surface area contributed by atoms with Gasteiger partial charge < -0.3 is 10.1 Å². The van der Waals surface area contributed by atoms with E-state index in [0.717, 1.165) is 0 Å². The molecule has 128 valence electrons. The SMILES string of the molecule is CCOC(=O)C(Cc1ccccc1)NC(=O)C(F)(F)C(F)(F)F. The quantitative estimate of drug-likeness (QED) is 0.640. The highest BCUT2D eigenvalue weighted by Crippen LogP contribution is 2.35. The lowest BCUT2D eigenvalue weighted by atomic mass is 10.1. The van der Waals surface area contributed by atoms with Gasteiger partial charge in [-0.25, -0.2) is 4.79 Å². The van der Waals surface area contributed by atoms with Gasteiger partial charge in [0.05, 0.1) is 6.61 Å². The highest BCUT2D eigenvalue weighted by atomic mass is 19.4. The third-order valence-corrected chi connectivity index (χ3v) is 2.80. The van der Waals surface area contributed by atoms with Gasteiger partial charge in [0.2, 0.25) is 0 Å². The molecule has 1 amide bonds. The first-order valence-electron chi connectivity index (χ1n) is 6.55. The summed E-state index contributed by atoms with van der Waals surface area (Å²) in [5.74, 6) is -9.30. The second-order valence-corrected chi connectivity index (χ2v) is 4.54. The van der Waals surface area contributed by atoms with Crippen LogP contribution >= 0.6 is 0 Å². The number of carbonyl (C=O) groups excluding carboxylic acids is 2. The maximum atomic E-state index is 13.0. The molecule has 0 fully saturated rings. The molecule has 1 atom stereocenters. The number of nitrogens with one attached hydrogen (secondary N) is 1. The number of hydrogen-bond donors (Lipinski definition) is 1. The molecule has 0 saturated heterocycles. The van der Waals surface area contributed by atoms with E-state index >= 15 is 0 Å². The monoisotopic (exact) mass is 339 g/mol. The van der Waals surface area contributed by atoms with Gasteiger partial charge in [-0.1, -0.05) is 30.3 Å². The summed E-state index contributed by atoms with van der Waals surface area (Å²) in [5.41, 5.74) is 0.459. The van der Waals surface area contributed by atoms with Crippen LogP contribution in [0.3, 0.4) is 0 Å². The Morgan fingerprint density at radius 2 is 1.70 bits per heavy atom. The predicted molar refractivity (Wildman–Crippen MR) is 69.7 cm³/mol. The van der Waals surface area contributed by atoms with Crippen molar-refractivity contribution in [2.45, 2.75) is 31.5 Å². The molecular weight excluding hydrogens is 325 g/mol. The van der Waals surface area contributed by atoms with E-state index in [9.17, 15) is 31.5 Å². The van der Waals surface area contributed by atoms with Crippen LogP contribution in [0.4, 0.5) is 22.0 Å². The topological polar surface area (TPSA) is 55.4 Å². The minimum absolute atomic E-state index is 0.115. The van der Waals surface area contributed by atoms with Gasteiger partial charge in [0.25, 0.3) is 0 Å². The Morgan fingerprint density at radius 3 is 2.17 bits per heavy atom. The Labute approximate surface area is 128 Å².